The van der Waals surface area contributed by atoms with Crippen LogP contribution in [0.5, 0.6) is 0 Å². The van der Waals surface area contributed by atoms with Gasteiger partial charge in [0.25, 0.3) is 0 Å². The van der Waals surface area contributed by atoms with Crippen molar-refractivity contribution in [2.24, 2.45) is 0 Å². The molecule has 0 N–H and O–H groups in total. The van der Waals surface area contributed by atoms with Crippen molar-refractivity contribution in [1.82, 2.24) is 0 Å². The molecule has 0 aliphatic heterocycles. The molecule has 2 aromatic carbocycles. The minimum absolute atomic E-state index is 0.758. The van der Waals surface area contributed by atoms with E-state index in [4.69, 9.17) is 0 Å². The van der Waals surface area contributed by atoms with Crippen LogP contribution in [0.25, 0.3) is 0 Å². The normalized spacial score (nSPS) is 11.5. The van der Waals surface area contributed by atoms with E-state index in [1.807, 2.05) is 64.1 Å². The summed E-state index contributed by atoms with van der Waals surface area (Å²) < 4.78 is 66.4. The largest absolute Gasteiger partial charge is 0.673 e. The van der Waals surface area contributed by atoms with Crippen LogP contribution in [0.3, 0.4) is 0 Å². The second-order valence-electron chi connectivity index (χ2n) is 5.63. The molecular weight excluding hydrogens is 361 g/mol. The van der Waals surface area contributed by atoms with Crippen LogP contribution < -0.4 is 0 Å². The minimum atomic E-state index is -6.00. The van der Waals surface area contributed by atoms with E-state index in [-0.39, 0.29) is 0 Å². The van der Waals surface area contributed by atoms with Crippen molar-refractivity contribution in [3.8, 4) is 0 Å². The summed E-state index contributed by atoms with van der Waals surface area (Å²) >= 11 is 0. The van der Waals surface area contributed by atoms with Gasteiger partial charge in [0, 0.05) is 11.1 Å². The van der Waals surface area contributed by atoms with Crippen molar-refractivity contribution in [2.75, 3.05) is 0 Å². The van der Waals surface area contributed by atoms with E-state index < -0.39 is 23.9 Å². The van der Waals surface area contributed by atoms with E-state index in [1.54, 1.807) is 0 Å². The van der Waals surface area contributed by atoms with Crippen LogP contribution in [0.15, 0.2) is 46.2 Å². The van der Waals surface area contributed by atoms with Crippen molar-refractivity contribution >= 4 is 18.1 Å². The molecule has 0 unspecified atom stereocenters. The summed E-state index contributed by atoms with van der Waals surface area (Å²) in [6.07, 6.45) is 0. The van der Waals surface area contributed by atoms with Crippen LogP contribution in [0.1, 0.15) is 22.3 Å². The van der Waals surface area contributed by atoms with Crippen LogP contribution in [0.2, 0.25) is 0 Å². The molecule has 0 amide bonds. The van der Waals surface area contributed by atoms with E-state index in [0.29, 0.717) is 0 Å². The molecule has 0 radical (unpaired) electrons. The van der Waals surface area contributed by atoms with E-state index in [1.165, 1.54) is 0 Å². The fourth-order valence-electron chi connectivity index (χ4n) is 2.20. The first-order valence-electron chi connectivity index (χ1n) is 7.43. The minimum Gasteiger partial charge on any atom is -0.418 e. The van der Waals surface area contributed by atoms with Crippen LogP contribution >= 0.6 is 0 Å². The van der Waals surface area contributed by atoms with Gasteiger partial charge in [0.05, 0.1) is 0 Å². The monoisotopic (exact) mass is 380 g/mol. The molecule has 8 heteroatoms. The lowest BCUT2D eigenvalue weighted by Crippen LogP contribution is -2.16. The SMILES string of the molecule is Cc1ccc(C)c([S+](c2cc(C)ccc2C)C(F)F)c1.F[B-](F)(F)F. The highest BCUT2D eigenvalue weighted by atomic mass is 32.2. The number of benzene rings is 2. The van der Waals surface area contributed by atoms with Gasteiger partial charge in [-0.05, 0) is 51.0 Å². The maximum atomic E-state index is 13.7. The van der Waals surface area contributed by atoms with Crippen LogP contribution in [0, 0.1) is 27.7 Å². The van der Waals surface area contributed by atoms with Gasteiger partial charge in [0.15, 0.2) is 9.79 Å². The summed E-state index contributed by atoms with van der Waals surface area (Å²) in [7, 11) is -7.18. The quantitative estimate of drug-likeness (QED) is 0.325. The first kappa shape index (κ1) is 21.5. The van der Waals surface area contributed by atoms with Gasteiger partial charge in [-0.15, -0.1) is 0 Å². The van der Waals surface area contributed by atoms with Gasteiger partial charge in [0.1, 0.15) is 10.9 Å². The Labute approximate surface area is 146 Å². The highest BCUT2D eigenvalue weighted by Gasteiger charge is 2.38. The second kappa shape index (κ2) is 8.69. The van der Waals surface area contributed by atoms with E-state index >= 15 is 0 Å². The molecule has 138 valence electrons. The lowest BCUT2D eigenvalue weighted by Gasteiger charge is -2.12. The molecule has 0 fully saturated rings. The fourth-order valence-corrected chi connectivity index (χ4v) is 4.28. The fraction of sp³-hybridized carbons (Fsp3) is 0.294. The molecular formula is C17H19BF6S. The second-order valence-corrected chi connectivity index (χ2v) is 7.54. The zero-order valence-electron chi connectivity index (χ0n) is 14.3. The van der Waals surface area contributed by atoms with Gasteiger partial charge in [-0.1, -0.05) is 24.3 Å². The van der Waals surface area contributed by atoms with Crippen LogP contribution in [-0.2, 0) is 10.9 Å². The molecule has 0 aliphatic rings. The summed E-state index contributed by atoms with van der Waals surface area (Å²) in [5.41, 5.74) is 3.91. The topological polar surface area (TPSA) is 0 Å². The number of aryl methyl sites for hydroxylation is 4. The molecule has 25 heavy (non-hydrogen) atoms. The number of halogens is 6. The number of alkyl halides is 2. The summed E-state index contributed by atoms with van der Waals surface area (Å²) in [6, 6.07) is 11.6. The molecule has 2 rings (SSSR count). The Kier molecular flexibility index (Phi) is 7.47. The highest BCUT2D eigenvalue weighted by molar-refractivity contribution is 7.97. The third-order valence-corrected chi connectivity index (χ3v) is 5.52. The van der Waals surface area contributed by atoms with Gasteiger partial charge in [-0.25, -0.2) is 0 Å². The molecule has 0 atom stereocenters. The third-order valence-electron chi connectivity index (χ3n) is 3.34. The number of hydrogen-bond acceptors (Lipinski definition) is 0. The Morgan fingerprint density at radius 3 is 1.32 bits per heavy atom. The molecule has 0 spiro atoms. The average molecular weight is 380 g/mol. The van der Waals surface area contributed by atoms with Gasteiger partial charge in [0.2, 0.25) is 0 Å². The van der Waals surface area contributed by atoms with Crippen molar-refractivity contribution < 1.29 is 26.0 Å². The van der Waals surface area contributed by atoms with E-state index in [9.17, 15) is 26.0 Å². The first-order valence-corrected chi connectivity index (χ1v) is 8.72. The summed E-state index contributed by atoms with van der Waals surface area (Å²) in [6.45, 7) is 7.70. The molecule has 0 aliphatic carbocycles. The third kappa shape index (κ3) is 7.06. The van der Waals surface area contributed by atoms with Gasteiger partial charge < -0.3 is 17.3 Å². The van der Waals surface area contributed by atoms with Gasteiger partial charge >= 0.3 is 13.0 Å². The Morgan fingerprint density at radius 2 is 1.04 bits per heavy atom. The molecule has 2 aromatic rings. The molecule has 0 saturated heterocycles. The summed E-state index contributed by atoms with van der Waals surface area (Å²) in [5.74, 6) is -2.38. The number of hydrogen-bond donors (Lipinski definition) is 0. The van der Waals surface area contributed by atoms with Crippen LogP contribution in [-0.4, -0.2) is 13.0 Å². The molecule has 0 saturated carbocycles. The van der Waals surface area contributed by atoms with E-state index in [2.05, 4.69) is 0 Å². The van der Waals surface area contributed by atoms with Crippen molar-refractivity contribution in [2.45, 2.75) is 43.2 Å². The zero-order valence-corrected chi connectivity index (χ0v) is 15.1. The van der Waals surface area contributed by atoms with Gasteiger partial charge in [-0.2, -0.15) is 8.78 Å². The average Bonchev–Trinajstić information content (AvgIpc) is 2.44. The maximum Gasteiger partial charge on any atom is 0.673 e. The zero-order chi connectivity index (χ0) is 19.4. The molecule has 0 heterocycles. The Hall–Kier alpha value is -1.57. The molecule has 0 aromatic heterocycles. The first-order chi connectivity index (χ1) is 11.4. The summed E-state index contributed by atoms with van der Waals surface area (Å²) in [5, 5.41) is 0. The maximum absolute atomic E-state index is 13.7. The van der Waals surface area contributed by atoms with Crippen molar-refractivity contribution in [3.05, 3.63) is 58.7 Å². The Morgan fingerprint density at radius 1 is 0.720 bits per heavy atom. The predicted molar refractivity (Wildman–Crippen MR) is 91.9 cm³/mol. The Bertz CT molecular complexity index is 657. The molecule has 0 bridgehead atoms. The van der Waals surface area contributed by atoms with E-state index in [0.717, 1.165) is 32.0 Å². The van der Waals surface area contributed by atoms with Crippen molar-refractivity contribution in [3.63, 3.8) is 0 Å². The lowest BCUT2D eigenvalue weighted by molar-refractivity contribution is 0.247. The van der Waals surface area contributed by atoms with Crippen molar-refractivity contribution in [1.29, 1.82) is 0 Å². The standard InChI is InChI=1S/C17H19F2S.BF4/c1-11-5-7-13(3)15(9-11)20(17(18)19)16-10-12(2)6-8-14(16)4;2-1(3,4)5/h5-10,17H,1-4H3;/q+1;-1. The highest BCUT2D eigenvalue weighted by Crippen LogP contribution is 2.34. The van der Waals surface area contributed by atoms with Crippen LogP contribution in [0.4, 0.5) is 26.0 Å². The molecule has 0 nitrogen and oxygen atoms in total. The van der Waals surface area contributed by atoms with Gasteiger partial charge in [-0.3, -0.25) is 0 Å². The smallest absolute Gasteiger partial charge is 0.418 e. The predicted octanol–water partition coefficient (Wildman–Crippen LogP) is 6.48. The Balaban J connectivity index is 0.000000550. The number of rotatable bonds is 3. The lowest BCUT2D eigenvalue weighted by atomic mass is 10.2. The summed E-state index contributed by atoms with van der Waals surface area (Å²) in [4.78, 5) is 1.52.